The van der Waals surface area contributed by atoms with Gasteiger partial charge in [-0.2, -0.15) is 0 Å². The minimum absolute atomic E-state index is 0.516. The van der Waals surface area contributed by atoms with Crippen LogP contribution in [0.25, 0.3) is 0 Å². The van der Waals surface area contributed by atoms with Crippen molar-refractivity contribution in [2.75, 3.05) is 6.61 Å². The zero-order valence-electron chi connectivity index (χ0n) is 13.3. The van der Waals surface area contributed by atoms with Crippen molar-refractivity contribution < 1.29 is 4.74 Å². The Balaban J connectivity index is 2.73. The number of aryl methyl sites for hydroxylation is 2. The van der Waals surface area contributed by atoms with Crippen LogP contribution in [0, 0.1) is 19.8 Å². The van der Waals surface area contributed by atoms with Gasteiger partial charge in [-0.15, -0.1) is 0 Å². The van der Waals surface area contributed by atoms with E-state index in [1.165, 1.54) is 16.7 Å². The Morgan fingerprint density at radius 3 is 2.16 bits per heavy atom. The van der Waals surface area contributed by atoms with Gasteiger partial charge in [-0.1, -0.05) is 46.2 Å². The van der Waals surface area contributed by atoms with E-state index in [0.29, 0.717) is 12.0 Å². The molecule has 0 aliphatic carbocycles. The first-order valence-corrected chi connectivity index (χ1v) is 7.40. The van der Waals surface area contributed by atoms with Crippen LogP contribution in [0.2, 0.25) is 0 Å². The van der Waals surface area contributed by atoms with Gasteiger partial charge in [0.15, 0.2) is 0 Å². The molecule has 1 rings (SSSR count). The van der Waals surface area contributed by atoms with E-state index >= 15 is 0 Å². The van der Waals surface area contributed by atoms with E-state index in [1.807, 2.05) is 0 Å². The second kappa shape index (κ2) is 7.54. The van der Waals surface area contributed by atoms with Gasteiger partial charge in [0.05, 0.1) is 6.61 Å². The molecular formula is C17H29NO. The first-order chi connectivity index (χ1) is 8.93. The third kappa shape index (κ3) is 5.23. The van der Waals surface area contributed by atoms with Crippen molar-refractivity contribution in [3.05, 3.63) is 28.8 Å². The number of nitrogens with one attached hydrogen (secondary N) is 1. The molecular weight excluding hydrogens is 234 g/mol. The molecule has 0 spiro atoms. The van der Waals surface area contributed by atoms with Crippen molar-refractivity contribution in [1.82, 2.24) is 5.32 Å². The maximum Gasteiger partial charge on any atom is 0.125 e. The van der Waals surface area contributed by atoms with Gasteiger partial charge in [0.1, 0.15) is 5.75 Å². The Kier molecular flexibility index (Phi) is 6.36. The molecule has 0 saturated carbocycles. The first-order valence-electron chi connectivity index (χ1n) is 7.40. The summed E-state index contributed by atoms with van der Waals surface area (Å²) in [4.78, 5) is 0. The molecule has 2 nitrogen and oxygen atoms in total. The SMILES string of the molecule is CCC(C)COc1c(C)cc(CNC(C)C)cc1C. The van der Waals surface area contributed by atoms with Gasteiger partial charge in [-0.05, 0) is 36.5 Å². The Hall–Kier alpha value is -1.02. The lowest BCUT2D eigenvalue weighted by Gasteiger charge is -2.17. The van der Waals surface area contributed by atoms with Gasteiger partial charge >= 0.3 is 0 Å². The second-order valence-corrected chi connectivity index (χ2v) is 5.92. The molecule has 1 atom stereocenters. The Morgan fingerprint density at radius 2 is 1.68 bits per heavy atom. The van der Waals surface area contributed by atoms with Crippen molar-refractivity contribution in [2.24, 2.45) is 5.92 Å². The minimum atomic E-state index is 0.516. The van der Waals surface area contributed by atoms with Crippen LogP contribution in [0.15, 0.2) is 12.1 Å². The van der Waals surface area contributed by atoms with E-state index in [0.717, 1.165) is 25.3 Å². The van der Waals surface area contributed by atoms with E-state index in [9.17, 15) is 0 Å². The second-order valence-electron chi connectivity index (χ2n) is 5.92. The van der Waals surface area contributed by atoms with Crippen molar-refractivity contribution in [2.45, 2.75) is 60.5 Å². The average Bonchev–Trinajstić information content (AvgIpc) is 2.34. The monoisotopic (exact) mass is 263 g/mol. The fourth-order valence-electron chi connectivity index (χ4n) is 2.04. The summed E-state index contributed by atoms with van der Waals surface area (Å²) in [5.74, 6) is 1.68. The summed E-state index contributed by atoms with van der Waals surface area (Å²) in [5.41, 5.74) is 3.81. The number of ether oxygens (including phenoxy) is 1. The predicted molar refractivity (Wildman–Crippen MR) is 82.8 cm³/mol. The van der Waals surface area contributed by atoms with Crippen LogP contribution in [0.1, 0.15) is 50.8 Å². The van der Waals surface area contributed by atoms with Crippen LogP contribution < -0.4 is 10.1 Å². The molecule has 1 aromatic carbocycles. The molecule has 0 fully saturated rings. The van der Waals surface area contributed by atoms with Crippen LogP contribution in [-0.4, -0.2) is 12.6 Å². The highest BCUT2D eigenvalue weighted by molar-refractivity contribution is 5.43. The van der Waals surface area contributed by atoms with Crippen LogP contribution in [-0.2, 0) is 6.54 Å². The van der Waals surface area contributed by atoms with Crippen molar-refractivity contribution >= 4 is 0 Å². The lowest BCUT2D eigenvalue weighted by molar-refractivity contribution is 0.253. The van der Waals surface area contributed by atoms with E-state index in [1.54, 1.807) is 0 Å². The molecule has 0 amide bonds. The molecule has 19 heavy (non-hydrogen) atoms. The van der Waals surface area contributed by atoms with Crippen LogP contribution in [0.4, 0.5) is 0 Å². The third-order valence-electron chi connectivity index (χ3n) is 3.44. The topological polar surface area (TPSA) is 21.3 Å². The number of benzene rings is 1. The zero-order valence-corrected chi connectivity index (χ0v) is 13.3. The Labute approximate surface area is 118 Å². The Bertz CT molecular complexity index is 375. The van der Waals surface area contributed by atoms with Gasteiger partial charge in [-0.25, -0.2) is 0 Å². The summed E-state index contributed by atoms with van der Waals surface area (Å²) in [6.45, 7) is 14.8. The summed E-state index contributed by atoms with van der Waals surface area (Å²) in [7, 11) is 0. The maximum absolute atomic E-state index is 5.98. The highest BCUT2D eigenvalue weighted by atomic mass is 16.5. The highest BCUT2D eigenvalue weighted by Crippen LogP contribution is 2.25. The van der Waals surface area contributed by atoms with E-state index in [2.05, 4.69) is 59.0 Å². The average molecular weight is 263 g/mol. The smallest absolute Gasteiger partial charge is 0.125 e. The van der Waals surface area contributed by atoms with E-state index in [4.69, 9.17) is 4.74 Å². The molecule has 0 heterocycles. The molecule has 1 aromatic rings. The number of rotatable bonds is 7. The van der Waals surface area contributed by atoms with Gasteiger partial charge in [-0.3, -0.25) is 0 Å². The lowest BCUT2D eigenvalue weighted by atomic mass is 10.0. The summed E-state index contributed by atoms with van der Waals surface area (Å²) in [5, 5.41) is 3.45. The van der Waals surface area contributed by atoms with Crippen LogP contribution in [0.5, 0.6) is 5.75 Å². The van der Waals surface area contributed by atoms with Crippen molar-refractivity contribution in [3.8, 4) is 5.75 Å². The predicted octanol–water partition coefficient (Wildman–Crippen LogP) is 4.23. The maximum atomic E-state index is 5.98. The van der Waals surface area contributed by atoms with Gasteiger partial charge in [0.2, 0.25) is 0 Å². The number of hydrogen-bond donors (Lipinski definition) is 1. The summed E-state index contributed by atoms with van der Waals surface area (Å²) in [6, 6.07) is 4.98. The summed E-state index contributed by atoms with van der Waals surface area (Å²) >= 11 is 0. The minimum Gasteiger partial charge on any atom is -0.493 e. The molecule has 108 valence electrons. The van der Waals surface area contributed by atoms with Crippen LogP contribution >= 0.6 is 0 Å². The zero-order chi connectivity index (χ0) is 14.4. The molecule has 0 radical (unpaired) electrons. The molecule has 0 aromatic heterocycles. The quantitative estimate of drug-likeness (QED) is 0.795. The largest absolute Gasteiger partial charge is 0.493 e. The van der Waals surface area contributed by atoms with E-state index in [-0.39, 0.29) is 0 Å². The first kappa shape index (κ1) is 16.0. The lowest BCUT2D eigenvalue weighted by Crippen LogP contribution is -2.22. The van der Waals surface area contributed by atoms with Crippen LogP contribution in [0.3, 0.4) is 0 Å². The third-order valence-corrected chi connectivity index (χ3v) is 3.44. The standard InChI is InChI=1S/C17H29NO/c1-7-13(4)11-19-17-14(5)8-16(9-15(17)6)10-18-12(2)3/h8-9,12-13,18H,7,10-11H2,1-6H3. The summed E-state index contributed by atoms with van der Waals surface area (Å²) in [6.07, 6.45) is 1.16. The number of hydrogen-bond acceptors (Lipinski definition) is 2. The summed E-state index contributed by atoms with van der Waals surface area (Å²) < 4.78 is 5.98. The molecule has 0 saturated heterocycles. The van der Waals surface area contributed by atoms with Crippen molar-refractivity contribution in [1.29, 1.82) is 0 Å². The fourth-order valence-corrected chi connectivity index (χ4v) is 2.04. The van der Waals surface area contributed by atoms with E-state index < -0.39 is 0 Å². The Morgan fingerprint density at radius 1 is 1.11 bits per heavy atom. The van der Waals surface area contributed by atoms with Gasteiger partial charge in [0.25, 0.3) is 0 Å². The molecule has 1 unspecified atom stereocenters. The molecule has 0 aliphatic rings. The molecule has 0 bridgehead atoms. The normalized spacial score (nSPS) is 12.8. The highest BCUT2D eigenvalue weighted by Gasteiger charge is 2.08. The van der Waals surface area contributed by atoms with Crippen molar-refractivity contribution in [3.63, 3.8) is 0 Å². The van der Waals surface area contributed by atoms with Gasteiger partial charge < -0.3 is 10.1 Å². The molecule has 1 N–H and O–H groups in total. The van der Waals surface area contributed by atoms with Gasteiger partial charge in [0, 0.05) is 12.6 Å². The molecule has 2 heteroatoms. The fraction of sp³-hybridized carbons (Fsp3) is 0.647. The molecule has 0 aliphatic heterocycles.